The third-order valence-electron chi connectivity index (χ3n) is 1.14. The Morgan fingerprint density at radius 3 is 2.33 bits per heavy atom. The average Bonchev–Trinajstić information content (AvgIpc) is 1.64. The van der Waals surface area contributed by atoms with Crippen LogP contribution in [0.4, 0.5) is 0 Å². The van der Waals surface area contributed by atoms with Crippen molar-refractivity contribution in [2.45, 2.75) is 32.9 Å². The van der Waals surface area contributed by atoms with E-state index < -0.39 is 7.63 Å². The molecule has 0 N–H and O–H groups in total. The van der Waals surface area contributed by atoms with Gasteiger partial charge in [-0.15, -0.1) is 11.1 Å². The Bertz CT molecular complexity index is 67.5. The van der Waals surface area contributed by atoms with Crippen LogP contribution >= 0.6 is 11.1 Å². The molecule has 0 bridgehead atoms. The molecule has 0 amide bonds. The molecule has 56 valence electrons. The molecule has 1 unspecified atom stereocenters. The largest absolute Gasteiger partial charge is 0.403 e. The van der Waals surface area contributed by atoms with Crippen molar-refractivity contribution in [2.24, 2.45) is 0 Å². The topological polar surface area (TPSA) is 9.23 Å². The molecular weight excluding hydrogens is 152 g/mol. The second-order valence-electron chi connectivity index (χ2n) is 2.28. The van der Waals surface area contributed by atoms with Crippen LogP contribution < -0.4 is 0 Å². The van der Waals surface area contributed by atoms with Gasteiger partial charge in [0.1, 0.15) is 0 Å². The number of halogens is 1. The smallest absolute Gasteiger partial charge is 0.286 e. The summed E-state index contributed by atoms with van der Waals surface area (Å²) in [5.74, 6) is 0. The van der Waals surface area contributed by atoms with Crippen LogP contribution in [0.1, 0.15) is 20.3 Å². The van der Waals surface area contributed by atoms with E-state index in [0.717, 1.165) is 19.1 Å². The Kier molecular flexibility index (Phi) is 4.53. The molecule has 1 nitrogen and oxygen atoms in total. The first-order valence-corrected chi connectivity index (χ1v) is 7.08. The van der Waals surface area contributed by atoms with Gasteiger partial charge in [0.15, 0.2) is 0 Å². The summed E-state index contributed by atoms with van der Waals surface area (Å²) >= 11 is 6.05. The third kappa shape index (κ3) is 4.94. The zero-order valence-electron chi connectivity index (χ0n) is 6.41. The monoisotopic (exact) mass is 166 g/mol. The molecule has 0 aliphatic carbocycles. The molecule has 0 aromatic carbocycles. The van der Waals surface area contributed by atoms with E-state index in [2.05, 4.69) is 6.92 Å². The first-order chi connectivity index (χ1) is 4.12. The van der Waals surface area contributed by atoms with E-state index >= 15 is 0 Å². The zero-order valence-corrected chi connectivity index (χ0v) is 8.16. The number of rotatable bonds is 4. The van der Waals surface area contributed by atoms with Gasteiger partial charge in [-0.1, -0.05) is 13.3 Å². The second kappa shape index (κ2) is 4.31. The molecule has 3 heteroatoms. The van der Waals surface area contributed by atoms with E-state index in [1.807, 2.05) is 13.5 Å². The molecule has 0 aromatic rings. The van der Waals surface area contributed by atoms with Gasteiger partial charge in [-0.25, -0.2) is 0 Å². The molecule has 9 heavy (non-hydrogen) atoms. The van der Waals surface area contributed by atoms with Crippen molar-refractivity contribution in [3.05, 3.63) is 0 Å². The first-order valence-electron chi connectivity index (χ1n) is 3.45. The highest BCUT2D eigenvalue weighted by molar-refractivity contribution is 7.16. The quantitative estimate of drug-likeness (QED) is 0.461. The fourth-order valence-corrected chi connectivity index (χ4v) is 3.35. The minimum Gasteiger partial charge on any atom is -0.403 e. The van der Waals surface area contributed by atoms with Crippen LogP contribution in [0.2, 0.25) is 12.6 Å². The van der Waals surface area contributed by atoms with E-state index in [9.17, 15) is 0 Å². The molecule has 1 atom stereocenters. The lowest BCUT2D eigenvalue weighted by atomic mass is 10.6. The van der Waals surface area contributed by atoms with Crippen molar-refractivity contribution in [1.82, 2.24) is 0 Å². The highest BCUT2D eigenvalue weighted by Crippen LogP contribution is 2.17. The summed E-state index contributed by atoms with van der Waals surface area (Å²) in [6, 6.07) is 1.06. The molecule has 0 rings (SSSR count). The van der Waals surface area contributed by atoms with Gasteiger partial charge in [0, 0.05) is 6.61 Å². The maximum absolute atomic E-state index is 6.05. The highest BCUT2D eigenvalue weighted by atomic mass is 35.6. The lowest BCUT2D eigenvalue weighted by Crippen LogP contribution is -2.26. The standard InChI is InChI=1S/C6H15ClOSi/c1-4-6-9(3,7)8-5-2/h4-6H2,1-3H3. The van der Waals surface area contributed by atoms with Crippen molar-refractivity contribution >= 4 is 18.7 Å². The Balaban J connectivity index is 3.43. The molecule has 0 radical (unpaired) electrons. The molecular formula is C6H15ClOSi. The molecule has 0 saturated heterocycles. The van der Waals surface area contributed by atoms with E-state index in [0.29, 0.717) is 0 Å². The molecule has 0 aromatic heterocycles. The van der Waals surface area contributed by atoms with Gasteiger partial charge in [-0.05, 0) is 19.5 Å². The number of hydrogen-bond acceptors (Lipinski definition) is 1. The molecule has 0 aliphatic rings. The first kappa shape index (κ1) is 9.47. The minimum atomic E-state index is -1.73. The van der Waals surface area contributed by atoms with Gasteiger partial charge in [0.25, 0.3) is 7.63 Å². The predicted molar refractivity (Wildman–Crippen MR) is 44.2 cm³/mol. The summed E-state index contributed by atoms with van der Waals surface area (Å²) in [4.78, 5) is 0. The summed E-state index contributed by atoms with van der Waals surface area (Å²) in [5.41, 5.74) is 0. The summed E-state index contributed by atoms with van der Waals surface area (Å²) in [6.07, 6.45) is 1.13. The zero-order chi connectivity index (χ0) is 7.33. The molecule has 0 aliphatic heterocycles. The Labute approximate surface area is 63.2 Å². The summed E-state index contributed by atoms with van der Waals surface area (Å²) < 4.78 is 5.37. The van der Waals surface area contributed by atoms with Crippen LogP contribution in [0.3, 0.4) is 0 Å². The maximum Gasteiger partial charge on any atom is 0.286 e. The second-order valence-corrected chi connectivity index (χ2v) is 7.68. The summed E-state index contributed by atoms with van der Waals surface area (Å²) in [6.45, 7) is 6.92. The third-order valence-corrected chi connectivity index (χ3v) is 4.32. The lowest BCUT2D eigenvalue weighted by Gasteiger charge is -2.17. The van der Waals surface area contributed by atoms with Gasteiger partial charge in [-0.2, -0.15) is 0 Å². The van der Waals surface area contributed by atoms with Crippen LogP contribution in [0, 0.1) is 0 Å². The average molecular weight is 167 g/mol. The Morgan fingerprint density at radius 2 is 2.00 bits per heavy atom. The molecule has 0 heterocycles. The van der Waals surface area contributed by atoms with E-state index in [-0.39, 0.29) is 0 Å². The molecule has 0 fully saturated rings. The van der Waals surface area contributed by atoms with Gasteiger partial charge >= 0.3 is 0 Å². The molecule has 0 saturated carbocycles. The van der Waals surface area contributed by atoms with E-state index in [4.69, 9.17) is 15.5 Å². The molecule has 0 spiro atoms. The van der Waals surface area contributed by atoms with Gasteiger partial charge in [0.05, 0.1) is 0 Å². The van der Waals surface area contributed by atoms with Gasteiger partial charge < -0.3 is 4.43 Å². The van der Waals surface area contributed by atoms with E-state index in [1.54, 1.807) is 0 Å². The van der Waals surface area contributed by atoms with E-state index in [1.165, 1.54) is 0 Å². The van der Waals surface area contributed by atoms with Gasteiger partial charge in [0.2, 0.25) is 0 Å². The lowest BCUT2D eigenvalue weighted by molar-refractivity contribution is 0.338. The van der Waals surface area contributed by atoms with Crippen LogP contribution in [-0.2, 0) is 4.43 Å². The number of hydrogen-bond donors (Lipinski definition) is 0. The predicted octanol–water partition coefficient (Wildman–Crippen LogP) is 2.74. The highest BCUT2D eigenvalue weighted by Gasteiger charge is 2.23. The van der Waals surface area contributed by atoms with Crippen molar-refractivity contribution < 1.29 is 4.43 Å². The van der Waals surface area contributed by atoms with Crippen molar-refractivity contribution in [2.75, 3.05) is 6.61 Å². The normalized spacial score (nSPS) is 17.3. The fraction of sp³-hybridized carbons (Fsp3) is 1.00. The van der Waals surface area contributed by atoms with Crippen molar-refractivity contribution in [1.29, 1.82) is 0 Å². The van der Waals surface area contributed by atoms with Gasteiger partial charge in [-0.3, -0.25) is 0 Å². The Hall–Kier alpha value is 0.467. The van der Waals surface area contributed by atoms with Crippen molar-refractivity contribution in [3.8, 4) is 0 Å². The summed E-state index contributed by atoms with van der Waals surface area (Å²) in [7, 11) is -1.73. The Morgan fingerprint density at radius 1 is 1.44 bits per heavy atom. The SMILES string of the molecule is CCC[Si](C)(Cl)OCC. The van der Waals surface area contributed by atoms with Crippen LogP contribution in [0.15, 0.2) is 0 Å². The fourth-order valence-electron chi connectivity index (χ4n) is 0.820. The summed E-state index contributed by atoms with van der Waals surface area (Å²) in [5, 5.41) is 0. The van der Waals surface area contributed by atoms with Crippen LogP contribution in [0.25, 0.3) is 0 Å². The minimum absolute atomic E-state index is 0.756. The van der Waals surface area contributed by atoms with Crippen LogP contribution in [-0.4, -0.2) is 14.2 Å². The van der Waals surface area contributed by atoms with Crippen LogP contribution in [0.5, 0.6) is 0 Å². The van der Waals surface area contributed by atoms with Crippen molar-refractivity contribution in [3.63, 3.8) is 0 Å². The maximum atomic E-state index is 6.05.